The molecule has 1 heterocycles. The van der Waals surface area contributed by atoms with Crippen molar-refractivity contribution in [1.82, 2.24) is 4.90 Å². The zero-order valence-corrected chi connectivity index (χ0v) is 9.57. The van der Waals surface area contributed by atoms with E-state index in [0.29, 0.717) is 0 Å². The number of aliphatic hydroxyl groups excluding tert-OH is 1. The number of aliphatic carboxylic acids is 1. The summed E-state index contributed by atoms with van der Waals surface area (Å²) in [5.74, 6) is -8.51. The van der Waals surface area contributed by atoms with Gasteiger partial charge in [-0.25, -0.2) is 4.79 Å². The Balaban J connectivity index is 3.10. The molecule has 1 aliphatic rings. The van der Waals surface area contributed by atoms with Gasteiger partial charge in [0, 0.05) is 13.0 Å². The summed E-state index contributed by atoms with van der Waals surface area (Å²) in [4.78, 5) is 22.0. The normalized spacial score (nSPS) is 24.3. The first-order valence-electron chi connectivity index (χ1n) is 5.20. The lowest BCUT2D eigenvalue weighted by Gasteiger charge is -2.28. The van der Waals surface area contributed by atoms with Gasteiger partial charge in [0.1, 0.15) is 6.04 Å². The average molecular weight is 309 g/mol. The number of carboxylic acids is 1. The highest BCUT2D eigenvalue weighted by molar-refractivity contribution is 5.86. The molecule has 0 saturated carbocycles. The third-order valence-corrected chi connectivity index (χ3v) is 2.75. The summed E-state index contributed by atoms with van der Waals surface area (Å²) in [6.45, 7) is -0.890. The number of hydrogen-bond donors (Lipinski definition) is 2. The lowest BCUT2D eigenvalue weighted by Crippen LogP contribution is -2.52. The van der Waals surface area contributed by atoms with Crippen LogP contribution >= 0.6 is 0 Å². The van der Waals surface area contributed by atoms with Crippen LogP contribution in [0.15, 0.2) is 0 Å². The molecule has 20 heavy (non-hydrogen) atoms. The van der Waals surface area contributed by atoms with E-state index in [1.807, 2.05) is 0 Å². The number of hydrogen-bond acceptors (Lipinski definition) is 3. The van der Waals surface area contributed by atoms with Crippen molar-refractivity contribution < 1.29 is 46.1 Å². The molecule has 2 N–H and O–H groups in total. The molecule has 0 radical (unpaired) electrons. The third kappa shape index (κ3) is 3.32. The Labute approximate surface area is 107 Å². The van der Waals surface area contributed by atoms with Crippen molar-refractivity contribution in [1.29, 1.82) is 0 Å². The van der Waals surface area contributed by atoms with Crippen molar-refractivity contribution in [2.75, 3.05) is 6.54 Å². The topological polar surface area (TPSA) is 77.8 Å². The monoisotopic (exact) mass is 309 g/mol. The Morgan fingerprint density at radius 1 is 1.10 bits per heavy atom. The number of aliphatic hydroxyl groups is 1. The summed E-state index contributed by atoms with van der Waals surface area (Å²) in [7, 11) is 0. The van der Waals surface area contributed by atoms with Crippen molar-refractivity contribution >= 4 is 11.9 Å². The minimum Gasteiger partial charge on any atom is -0.480 e. The maximum Gasteiger partial charge on any atom is 0.409 e. The van der Waals surface area contributed by atoms with Crippen LogP contribution in [0.1, 0.15) is 6.42 Å². The van der Waals surface area contributed by atoms with Gasteiger partial charge in [0.05, 0.1) is 6.10 Å². The number of halogens is 6. The van der Waals surface area contributed by atoms with Crippen LogP contribution in [-0.4, -0.2) is 58.0 Å². The first-order valence-corrected chi connectivity index (χ1v) is 5.20. The Bertz CT molecular complexity index is 392. The molecule has 5 nitrogen and oxygen atoms in total. The number of amides is 1. The van der Waals surface area contributed by atoms with E-state index in [1.165, 1.54) is 0 Å². The van der Waals surface area contributed by atoms with E-state index in [1.54, 1.807) is 0 Å². The quantitative estimate of drug-likeness (QED) is 0.739. The van der Waals surface area contributed by atoms with Crippen LogP contribution in [-0.2, 0) is 9.59 Å². The van der Waals surface area contributed by atoms with Crippen molar-refractivity contribution in [3.8, 4) is 0 Å². The number of carbonyl (C=O) groups excluding carboxylic acids is 1. The van der Waals surface area contributed by atoms with Gasteiger partial charge in [-0.1, -0.05) is 0 Å². The summed E-state index contributed by atoms with van der Waals surface area (Å²) >= 11 is 0. The fraction of sp³-hybridized carbons (Fsp3) is 0.778. The molecule has 0 aromatic carbocycles. The standard InChI is InChI=1S/C9H9F6NO4/c10-8(11,12)5(9(13,14)15)6(18)16-2-3(17)1-4(16)7(19)20/h3-5,17H,1-2H2,(H,19,20)/t3-,4+/m1/s1. The molecule has 1 amide bonds. The van der Waals surface area contributed by atoms with Crippen molar-refractivity contribution in [2.45, 2.75) is 30.9 Å². The first kappa shape index (κ1) is 16.5. The van der Waals surface area contributed by atoms with E-state index in [-0.39, 0.29) is 4.90 Å². The molecule has 0 aliphatic carbocycles. The van der Waals surface area contributed by atoms with Gasteiger partial charge >= 0.3 is 18.3 Å². The first-order chi connectivity index (χ1) is 8.85. The summed E-state index contributed by atoms with van der Waals surface area (Å²) in [5.41, 5.74) is 0. The molecule has 0 aromatic rings. The van der Waals surface area contributed by atoms with Crippen LogP contribution in [0.3, 0.4) is 0 Å². The van der Waals surface area contributed by atoms with Crippen molar-refractivity contribution in [2.24, 2.45) is 5.92 Å². The fourth-order valence-corrected chi connectivity index (χ4v) is 1.92. The van der Waals surface area contributed by atoms with Gasteiger partial charge in [0.25, 0.3) is 0 Å². The maximum atomic E-state index is 12.4. The molecule has 11 heteroatoms. The molecule has 1 aliphatic heterocycles. The van der Waals surface area contributed by atoms with Gasteiger partial charge < -0.3 is 15.1 Å². The second kappa shape index (κ2) is 5.11. The van der Waals surface area contributed by atoms with E-state index in [0.717, 1.165) is 0 Å². The number of alkyl halides is 6. The summed E-state index contributed by atoms with van der Waals surface area (Å²) < 4.78 is 74.2. The molecule has 116 valence electrons. The highest BCUT2D eigenvalue weighted by atomic mass is 19.4. The van der Waals surface area contributed by atoms with Gasteiger partial charge in [-0.3, -0.25) is 4.79 Å². The van der Waals surface area contributed by atoms with Crippen LogP contribution in [0.2, 0.25) is 0 Å². The van der Waals surface area contributed by atoms with Gasteiger partial charge in [0.15, 0.2) is 0 Å². The van der Waals surface area contributed by atoms with Gasteiger partial charge in [0.2, 0.25) is 11.8 Å². The Kier molecular flexibility index (Phi) is 4.22. The molecule has 0 spiro atoms. The Morgan fingerprint density at radius 3 is 1.90 bits per heavy atom. The zero-order chi connectivity index (χ0) is 15.9. The predicted molar refractivity (Wildman–Crippen MR) is 49.4 cm³/mol. The smallest absolute Gasteiger partial charge is 0.409 e. The third-order valence-electron chi connectivity index (χ3n) is 2.75. The number of nitrogens with zero attached hydrogens (tertiary/aromatic N) is 1. The minimum atomic E-state index is -5.90. The molecule has 0 unspecified atom stereocenters. The molecule has 1 fully saturated rings. The SMILES string of the molecule is O=C(O)[C@@H]1C[C@@H](O)CN1C(=O)C(C(F)(F)F)C(F)(F)F. The van der Waals surface area contributed by atoms with Crippen LogP contribution in [0.25, 0.3) is 0 Å². The lowest BCUT2D eigenvalue weighted by molar-refractivity contribution is -0.278. The highest BCUT2D eigenvalue weighted by Gasteiger charge is 2.63. The number of rotatable bonds is 2. The second-order valence-electron chi connectivity index (χ2n) is 4.25. The van der Waals surface area contributed by atoms with Crippen molar-refractivity contribution in [3.63, 3.8) is 0 Å². The van der Waals surface area contributed by atoms with Crippen LogP contribution in [0, 0.1) is 5.92 Å². The van der Waals surface area contributed by atoms with Gasteiger partial charge in [-0.05, 0) is 0 Å². The molecule has 1 rings (SSSR count). The fourth-order valence-electron chi connectivity index (χ4n) is 1.92. The van der Waals surface area contributed by atoms with E-state index < -0.39 is 55.3 Å². The summed E-state index contributed by atoms with van der Waals surface area (Å²) in [6.07, 6.45) is -13.9. The van der Waals surface area contributed by atoms with Crippen LogP contribution in [0.5, 0.6) is 0 Å². The molecule has 0 aromatic heterocycles. The number of carboxylic acid groups (broad SMARTS) is 1. The van der Waals surface area contributed by atoms with Crippen LogP contribution < -0.4 is 0 Å². The second-order valence-corrected chi connectivity index (χ2v) is 4.25. The average Bonchev–Trinajstić information content (AvgIpc) is 2.55. The summed E-state index contributed by atoms with van der Waals surface area (Å²) in [5, 5.41) is 17.8. The molecule has 1 saturated heterocycles. The largest absolute Gasteiger partial charge is 0.480 e. The number of β-amino-alcohol motifs (C(OH)–C–C–N with tert-alkyl or cyclic N) is 1. The summed E-state index contributed by atoms with van der Waals surface area (Å²) in [6, 6.07) is -1.91. The number of likely N-dealkylation sites (tertiary alicyclic amines) is 1. The Morgan fingerprint density at radius 2 is 1.55 bits per heavy atom. The van der Waals surface area contributed by atoms with Crippen LogP contribution in [0.4, 0.5) is 26.3 Å². The zero-order valence-electron chi connectivity index (χ0n) is 9.57. The van der Waals surface area contributed by atoms with E-state index in [4.69, 9.17) is 10.2 Å². The lowest BCUT2D eigenvalue weighted by atomic mass is 10.1. The predicted octanol–water partition coefficient (Wildman–Crippen LogP) is 0.774. The Hall–Kier alpha value is -1.52. The van der Waals surface area contributed by atoms with Crippen molar-refractivity contribution in [3.05, 3.63) is 0 Å². The van der Waals surface area contributed by atoms with E-state index >= 15 is 0 Å². The molecular weight excluding hydrogens is 300 g/mol. The molecule has 0 bridgehead atoms. The minimum absolute atomic E-state index is 0.0986. The maximum absolute atomic E-state index is 12.4. The molecular formula is C9H9F6NO4. The van der Waals surface area contributed by atoms with Gasteiger partial charge in [-0.2, -0.15) is 26.3 Å². The highest BCUT2D eigenvalue weighted by Crippen LogP contribution is 2.41. The molecule has 2 atom stereocenters. The van der Waals surface area contributed by atoms with Gasteiger partial charge in [-0.15, -0.1) is 0 Å². The van der Waals surface area contributed by atoms with E-state index in [9.17, 15) is 35.9 Å². The number of carbonyl (C=O) groups is 2. The van der Waals surface area contributed by atoms with E-state index in [2.05, 4.69) is 0 Å².